The molecular formula is C27H33N9O2. The second-order valence-electron chi connectivity index (χ2n) is 8.92. The van der Waals surface area contributed by atoms with Gasteiger partial charge in [0.1, 0.15) is 23.3 Å². The minimum Gasteiger partial charge on any atom is -0.474 e. The molecule has 11 nitrogen and oxygen atoms in total. The molecule has 1 aliphatic rings. The fourth-order valence-corrected chi connectivity index (χ4v) is 3.95. The number of benzene rings is 1. The average Bonchev–Trinajstić information content (AvgIpc) is 2.91. The smallest absolute Gasteiger partial charge is 0.256 e. The number of nitrogens with one attached hydrogen (secondary N) is 3. The molecule has 1 amide bonds. The van der Waals surface area contributed by atoms with Gasteiger partial charge in [0.2, 0.25) is 11.8 Å². The molecule has 0 radical (unpaired) electrons. The van der Waals surface area contributed by atoms with Crippen molar-refractivity contribution in [2.45, 2.75) is 18.9 Å². The molecule has 0 aliphatic carbocycles. The van der Waals surface area contributed by atoms with Gasteiger partial charge < -0.3 is 31.3 Å². The highest BCUT2D eigenvalue weighted by Crippen LogP contribution is 2.24. The predicted molar refractivity (Wildman–Crippen MR) is 151 cm³/mol. The van der Waals surface area contributed by atoms with Crippen LogP contribution in [-0.4, -0.2) is 71.8 Å². The molecular weight excluding hydrogens is 482 g/mol. The third kappa shape index (κ3) is 7.04. The first-order chi connectivity index (χ1) is 18.4. The van der Waals surface area contributed by atoms with Crippen molar-refractivity contribution in [3.05, 3.63) is 66.4 Å². The molecule has 11 heteroatoms. The van der Waals surface area contributed by atoms with E-state index < -0.39 is 0 Å². The summed E-state index contributed by atoms with van der Waals surface area (Å²) in [4.78, 5) is 32.6. The van der Waals surface area contributed by atoms with E-state index in [4.69, 9.17) is 10.5 Å². The van der Waals surface area contributed by atoms with Crippen LogP contribution in [0.1, 0.15) is 28.8 Å². The van der Waals surface area contributed by atoms with Crippen molar-refractivity contribution in [3.8, 4) is 5.88 Å². The van der Waals surface area contributed by atoms with E-state index >= 15 is 0 Å². The topological polar surface area (TPSA) is 143 Å². The number of likely N-dealkylation sites (tertiary alicyclic amines) is 1. The van der Waals surface area contributed by atoms with Crippen LogP contribution in [0.3, 0.4) is 0 Å². The summed E-state index contributed by atoms with van der Waals surface area (Å²) in [6, 6.07) is 10.9. The molecule has 2 aromatic heterocycles. The van der Waals surface area contributed by atoms with Crippen LogP contribution in [0.2, 0.25) is 0 Å². The number of pyridine rings is 1. The summed E-state index contributed by atoms with van der Waals surface area (Å²) in [6.07, 6.45) is 6.75. The number of nitrogen functional groups attached to an aromatic ring is 1. The molecule has 3 heterocycles. The second-order valence-corrected chi connectivity index (χ2v) is 8.92. The molecule has 38 heavy (non-hydrogen) atoms. The SMILES string of the molecule is C=CCNC(=O)c1cnc(Nc2ccc(C=NC)c(N)c2)nc1Nc1cccc(OC2CCN(C)CC2)n1. The van der Waals surface area contributed by atoms with Gasteiger partial charge in [-0.25, -0.2) is 4.98 Å². The number of aromatic nitrogens is 3. The minimum absolute atomic E-state index is 0.117. The van der Waals surface area contributed by atoms with E-state index in [0.29, 0.717) is 29.6 Å². The molecule has 1 fully saturated rings. The number of hydrogen-bond acceptors (Lipinski definition) is 10. The number of nitrogens with two attached hydrogens (primary N) is 1. The number of hydrogen-bond donors (Lipinski definition) is 4. The van der Waals surface area contributed by atoms with Gasteiger partial charge in [0.15, 0.2) is 0 Å². The lowest BCUT2D eigenvalue weighted by molar-refractivity contribution is 0.0958. The van der Waals surface area contributed by atoms with Gasteiger partial charge in [-0.15, -0.1) is 6.58 Å². The van der Waals surface area contributed by atoms with Crippen molar-refractivity contribution in [2.24, 2.45) is 4.99 Å². The van der Waals surface area contributed by atoms with Gasteiger partial charge in [0.05, 0.1) is 0 Å². The monoisotopic (exact) mass is 515 g/mol. The first-order valence-corrected chi connectivity index (χ1v) is 12.4. The van der Waals surface area contributed by atoms with Gasteiger partial charge in [0, 0.05) is 62.1 Å². The van der Waals surface area contributed by atoms with Gasteiger partial charge in [-0.3, -0.25) is 9.79 Å². The molecule has 1 saturated heterocycles. The largest absolute Gasteiger partial charge is 0.474 e. The summed E-state index contributed by atoms with van der Waals surface area (Å²) in [6.45, 7) is 5.93. The number of carbonyl (C=O) groups is 1. The standard InChI is InChI=1S/C27H33N9O2/c1-4-12-30-26(37)21-17-31-27(32-19-9-8-18(16-29-2)22(28)15-19)35-25(21)34-23-6-5-7-24(33-23)38-20-10-13-36(3)14-11-20/h4-9,15-17,20H,1,10-14,28H2,2-3H3,(H,30,37)(H2,31,32,33,34,35). The Morgan fingerprint density at radius 3 is 2.79 bits per heavy atom. The zero-order valence-electron chi connectivity index (χ0n) is 21.6. The highest BCUT2D eigenvalue weighted by Gasteiger charge is 2.19. The Kier molecular flexibility index (Phi) is 8.83. The highest BCUT2D eigenvalue weighted by atomic mass is 16.5. The Morgan fingerprint density at radius 2 is 2.05 bits per heavy atom. The average molecular weight is 516 g/mol. The molecule has 5 N–H and O–H groups in total. The van der Waals surface area contributed by atoms with E-state index in [9.17, 15) is 4.79 Å². The van der Waals surface area contributed by atoms with Crippen LogP contribution in [0.4, 0.5) is 29.0 Å². The number of rotatable bonds is 10. The van der Waals surface area contributed by atoms with E-state index in [1.165, 1.54) is 6.20 Å². The normalized spacial score (nSPS) is 14.3. The summed E-state index contributed by atoms with van der Waals surface area (Å²) in [7, 11) is 3.80. The molecule has 0 unspecified atom stereocenters. The lowest BCUT2D eigenvalue weighted by Crippen LogP contribution is -2.35. The van der Waals surface area contributed by atoms with E-state index in [-0.39, 0.29) is 29.3 Å². The van der Waals surface area contributed by atoms with Crippen molar-refractivity contribution >= 4 is 41.1 Å². The van der Waals surface area contributed by atoms with Crippen LogP contribution in [0.25, 0.3) is 0 Å². The maximum absolute atomic E-state index is 12.8. The molecule has 0 saturated carbocycles. The third-order valence-electron chi connectivity index (χ3n) is 5.97. The summed E-state index contributed by atoms with van der Waals surface area (Å²) in [5.41, 5.74) is 8.44. The molecule has 0 bridgehead atoms. The Hall–Kier alpha value is -4.51. The minimum atomic E-state index is -0.342. The molecule has 3 aromatic rings. The number of aliphatic imine (C=N–C) groups is 1. The summed E-state index contributed by atoms with van der Waals surface area (Å²) in [5.74, 6) is 1.23. The Balaban J connectivity index is 1.56. The van der Waals surface area contributed by atoms with Crippen LogP contribution < -0.4 is 26.4 Å². The third-order valence-corrected chi connectivity index (χ3v) is 5.97. The van der Waals surface area contributed by atoms with Crippen molar-refractivity contribution < 1.29 is 9.53 Å². The Morgan fingerprint density at radius 1 is 1.24 bits per heavy atom. The van der Waals surface area contributed by atoms with Crippen molar-refractivity contribution in [2.75, 3.05) is 50.1 Å². The van der Waals surface area contributed by atoms with Crippen LogP contribution in [-0.2, 0) is 0 Å². The van der Waals surface area contributed by atoms with Gasteiger partial charge in [-0.2, -0.15) is 9.97 Å². The van der Waals surface area contributed by atoms with Crippen LogP contribution in [0, 0.1) is 0 Å². The number of piperidine rings is 1. The van der Waals surface area contributed by atoms with Crippen LogP contribution in [0.15, 0.2) is 60.2 Å². The quantitative estimate of drug-likeness (QED) is 0.181. The van der Waals surface area contributed by atoms with E-state index in [0.717, 1.165) is 31.5 Å². The summed E-state index contributed by atoms with van der Waals surface area (Å²) in [5, 5.41) is 9.06. The first-order valence-electron chi connectivity index (χ1n) is 12.4. The number of nitrogens with zero attached hydrogens (tertiary/aromatic N) is 5. The Bertz CT molecular complexity index is 1300. The van der Waals surface area contributed by atoms with Gasteiger partial charge in [-0.1, -0.05) is 12.1 Å². The molecule has 1 aliphatic heterocycles. The van der Waals surface area contributed by atoms with Crippen molar-refractivity contribution in [1.29, 1.82) is 0 Å². The fraction of sp³-hybridized carbons (Fsp3) is 0.296. The maximum atomic E-state index is 12.8. The van der Waals surface area contributed by atoms with E-state index in [1.54, 1.807) is 31.5 Å². The summed E-state index contributed by atoms with van der Waals surface area (Å²) >= 11 is 0. The predicted octanol–water partition coefficient (Wildman–Crippen LogP) is 3.38. The zero-order valence-corrected chi connectivity index (χ0v) is 21.6. The zero-order chi connectivity index (χ0) is 26.9. The first kappa shape index (κ1) is 26.6. The van der Waals surface area contributed by atoms with Gasteiger partial charge in [-0.05, 0) is 44.2 Å². The van der Waals surface area contributed by atoms with Crippen molar-refractivity contribution in [1.82, 2.24) is 25.2 Å². The molecule has 0 atom stereocenters. The van der Waals surface area contributed by atoms with Gasteiger partial charge >= 0.3 is 0 Å². The van der Waals surface area contributed by atoms with E-state index in [2.05, 4.69) is 54.4 Å². The lowest BCUT2D eigenvalue weighted by atomic mass is 10.1. The maximum Gasteiger partial charge on any atom is 0.256 e. The van der Waals surface area contributed by atoms with Crippen LogP contribution >= 0.6 is 0 Å². The Labute approximate surface area is 222 Å². The van der Waals surface area contributed by atoms with Crippen molar-refractivity contribution in [3.63, 3.8) is 0 Å². The molecule has 198 valence electrons. The lowest BCUT2D eigenvalue weighted by Gasteiger charge is -2.29. The molecule has 4 rings (SSSR count). The molecule has 0 spiro atoms. The van der Waals surface area contributed by atoms with E-state index in [1.807, 2.05) is 24.3 Å². The molecule has 1 aromatic carbocycles. The number of ether oxygens (including phenoxy) is 1. The highest BCUT2D eigenvalue weighted by molar-refractivity contribution is 5.99. The number of anilines is 5. The second kappa shape index (κ2) is 12.6. The van der Waals surface area contributed by atoms with Gasteiger partial charge in [0.25, 0.3) is 5.91 Å². The fourth-order valence-electron chi connectivity index (χ4n) is 3.95. The van der Waals surface area contributed by atoms with Crippen LogP contribution in [0.5, 0.6) is 5.88 Å². The number of carbonyl (C=O) groups excluding carboxylic acids is 1. The summed E-state index contributed by atoms with van der Waals surface area (Å²) < 4.78 is 6.12. The number of amides is 1.